The first-order valence-electron chi connectivity index (χ1n) is 18.8. The second-order valence-electron chi connectivity index (χ2n) is 17.0. The maximum atomic E-state index is 14.1. The van der Waals surface area contributed by atoms with Crippen molar-refractivity contribution in [3.05, 3.63) is 0 Å². The van der Waals surface area contributed by atoms with Crippen LogP contribution < -0.4 is 0 Å². The third-order valence-corrected chi connectivity index (χ3v) is 11.8. The first-order valence-corrected chi connectivity index (χ1v) is 18.8. The van der Waals surface area contributed by atoms with Crippen LogP contribution in [0.3, 0.4) is 0 Å². The fourth-order valence-electron chi connectivity index (χ4n) is 8.55. The van der Waals surface area contributed by atoms with Gasteiger partial charge in [-0.1, -0.05) is 20.8 Å². The highest BCUT2D eigenvalue weighted by atomic mass is 16.7. The smallest absolute Gasteiger partial charge is 0.311 e. The molecule has 0 amide bonds. The quantitative estimate of drug-likeness (QED) is 0.214. The van der Waals surface area contributed by atoms with E-state index >= 15 is 0 Å². The number of hydrogen-bond acceptors (Lipinski definition) is 14. The number of likely N-dealkylation sites (N-methyl/N-ethyl adjacent to an activating group) is 2. The van der Waals surface area contributed by atoms with E-state index in [1.54, 1.807) is 41.5 Å². The van der Waals surface area contributed by atoms with E-state index in [4.69, 9.17) is 23.7 Å². The Labute approximate surface area is 305 Å². The van der Waals surface area contributed by atoms with Gasteiger partial charge in [-0.3, -0.25) is 4.79 Å². The molecule has 6 N–H and O–H groups in total. The molecule has 0 aromatic heterocycles. The van der Waals surface area contributed by atoms with Gasteiger partial charge in [-0.15, -0.1) is 0 Å². The van der Waals surface area contributed by atoms with Gasteiger partial charge in [0.05, 0.1) is 41.5 Å². The Morgan fingerprint density at radius 1 is 0.902 bits per heavy atom. The van der Waals surface area contributed by atoms with Gasteiger partial charge in [0.1, 0.15) is 30.0 Å². The number of hydrogen-bond donors (Lipinski definition) is 6. The molecule has 51 heavy (non-hydrogen) atoms. The van der Waals surface area contributed by atoms with E-state index in [2.05, 4.69) is 0 Å². The van der Waals surface area contributed by atoms with E-state index in [0.717, 1.165) is 0 Å². The minimum Gasteiger partial charge on any atom is -0.459 e. The molecule has 0 bridgehead atoms. The third-order valence-electron chi connectivity index (χ3n) is 11.8. The van der Waals surface area contributed by atoms with Crippen LogP contribution in [0.25, 0.3) is 0 Å². The van der Waals surface area contributed by atoms with Crippen molar-refractivity contribution in [2.24, 2.45) is 17.8 Å². The zero-order valence-electron chi connectivity index (χ0n) is 33.2. The van der Waals surface area contributed by atoms with Crippen molar-refractivity contribution >= 4 is 5.97 Å². The Balaban J connectivity index is 2.16. The topological polar surface area (TPSA) is 191 Å². The van der Waals surface area contributed by atoms with Crippen LogP contribution >= 0.6 is 0 Å². The van der Waals surface area contributed by atoms with Crippen molar-refractivity contribution in [3.8, 4) is 0 Å². The molecule has 3 aliphatic rings. The van der Waals surface area contributed by atoms with Crippen LogP contribution in [0.2, 0.25) is 0 Å². The van der Waals surface area contributed by atoms with Crippen molar-refractivity contribution in [3.63, 3.8) is 0 Å². The highest BCUT2D eigenvalue weighted by Crippen LogP contribution is 2.39. The predicted octanol–water partition coefficient (Wildman–Crippen LogP) is 1.25. The maximum Gasteiger partial charge on any atom is 0.311 e. The standard InChI is InChI=1S/C37H70N2O12/c1-14-26-37(10,46)30(41)23(6)39(13)18-19(2)16-36(9,45)32(51-34-28(40)25(38(11)12)15-20(3)47-34)21(4)29(22(5)33(43)49-26)50-27-17-35(8,44)31(42)24(7)48-27/h19-32,34,40-42,44-46H,14-18H2,1-13H3/t19-,20-,21+,22-,23-,24+,25+,26?,27+,28-,29+,30-,31+,32-,34+,35-,36-,37-/m1/s1. The Kier molecular flexibility index (Phi) is 15.0. The molecule has 300 valence electrons. The highest BCUT2D eigenvalue weighted by Gasteiger charge is 2.52. The Bertz CT molecular complexity index is 1120. The van der Waals surface area contributed by atoms with Gasteiger partial charge >= 0.3 is 5.97 Å². The second-order valence-corrected chi connectivity index (χ2v) is 17.0. The summed E-state index contributed by atoms with van der Waals surface area (Å²) >= 11 is 0. The molecule has 14 nitrogen and oxygen atoms in total. The summed E-state index contributed by atoms with van der Waals surface area (Å²) in [5, 5.41) is 68.7. The first-order chi connectivity index (χ1) is 23.3. The van der Waals surface area contributed by atoms with Gasteiger partial charge in [0.25, 0.3) is 0 Å². The molecular formula is C37H70N2O12. The number of carbonyl (C=O) groups excluding carboxylic acids is 1. The van der Waals surface area contributed by atoms with Crippen molar-refractivity contribution in [2.75, 3.05) is 27.7 Å². The summed E-state index contributed by atoms with van der Waals surface area (Å²) in [4.78, 5) is 17.9. The predicted molar refractivity (Wildman–Crippen MR) is 189 cm³/mol. The van der Waals surface area contributed by atoms with E-state index in [-0.39, 0.29) is 37.3 Å². The number of cyclic esters (lactones) is 1. The zero-order valence-corrected chi connectivity index (χ0v) is 33.2. The van der Waals surface area contributed by atoms with Gasteiger partial charge in [0.2, 0.25) is 0 Å². The lowest BCUT2D eigenvalue weighted by Gasteiger charge is -2.48. The average molecular weight is 735 g/mol. The maximum absolute atomic E-state index is 14.1. The van der Waals surface area contributed by atoms with Crippen molar-refractivity contribution < 1.29 is 59.1 Å². The Morgan fingerprint density at radius 2 is 1.51 bits per heavy atom. The normalized spacial score (nSPS) is 50.4. The fourth-order valence-corrected chi connectivity index (χ4v) is 8.55. The molecule has 3 rings (SSSR count). The third kappa shape index (κ3) is 10.2. The van der Waals surface area contributed by atoms with Crippen LogP contribution in [-0.2, 0) is 28.5 Å². The number of nitrogens with zero attached hydrogens (tertiary/aromatic N) is 2. The van der Waals surface area contributed by atoms with E-state index in [1.165, 1.54) is 13.8 Å². The van der Waals surface area contributed by atoms with Crippen molar-refractivity contribution in [1.82, 2.24) is 9.80 Å². The number of aliphatic hydroxyl groups excluding tert-OH is 3. The molecule has 3 aliphatic heterocycles. The molecule has 14 heteroatoms. The van der Waals surface area contributed by atoms with E-state index in [9.17, 15) is 35.4 Å². The number of carbonyl (C=O) groups is 1. The highest BCUT2D eigenvalue weighted by molar-refractivity contribution is 5.73. The van der Waals surface area contributed by atoms with E-state index in [1.807, 2.05) is 44.8 Å². The lowest BCUT2D eigenvalue weighted by molar-refractivity contribution is -0.316. The van der Waals surface area contributed by atoms with E-state index in [0.29, 0.717) is 13.0 Å². The van der Waals surface area contributed by atoms with E-state index < -0.39 is 96.0 Å². The first kappa shape index (κ1) is 44.4. The number of ether oxygens (including phenoxy) is 5. The molecule has 0 aromatic carbocycles. The molecule has 0 saturated carbocycles. The summed E-state index contributed by atoms with van der Waals surface area (Å²) in [5.41, 5.74) is -4.95. The summed E-state index contributed by atoms with van der Waals surface area (Å²) < 4.78 is 31.4. The largest absolute Gasteiger partial charge is 0.459 e. The SMILES string of the molecule is CCC1OC(=O)[C@H](C)[C@@H](O[C@H]2C[C@@](C)(O)[C@@H](O)[C@H](C)O2)[C@H](C)[C@@H](O[C@@H]2O[C@H](C)C[C@H](N(C)C)[C@H]2O)[C@](C)(O)C[C@@H](C)CN(C)[C@H](C)[C@@H](O)[C@]1(C)O. The van der Waals surface area contributed by atoms with Gasteiger partial charge in [-0.25, -0.2) is 0 Å². The van der Waals surface area contributed by atoms with Crippen LogP contribution in [0.1, 0.15) is 94.9 Å². The summed E-state index contributed by atoms with van der Waals surface area (Å²) in [7, 11) is 5.57. The molecule has 18 atom stereocenters. The van der Waals surface area contributed by atoms with Gasteiger partial charge < -0.3 is 64.1 Å². The van der Waals surface area contributed by atoms with Crippen LogP contribution in [-0.4, -0.2) is 164 Å². The molecule has 3 saturated heterocycles. The van der Waals surface area contributed by atoms with Crippen molar-refractivity contribution in [2.45, 2.75) is 185 Å². The minimum absolute atomic E-state index is 0.113. The van der Waals surface area contributed by atoms with Gasteiger partial charge in [-0.2, -0.15) is 0 Å². The number of rotatable bonds is 6. The second kappa shape index (κ2) is 17.2. The summed E-state index contributed by atoms with van der Waals surface area (Å²) in [6.45, 7) is 17.5. The van der Waals surface area contributed by atoms with Crippen molar-refractivity contribution in [1.29, 1.82) is 0 Å². The van der Waals surface area contributed by atoms with Crippen LogP contribution in [0.5, 0.6) is 0 Å². The number of aliphatic hydroxyl groups is 6. The molecule has 0 aliphatic carbocycles. The molecule has 3 fully saturated rings. The average Bonchev–Trinajstić information content (AvgIpc) is 3.02. The summed E-state index contributed by atoms with van der Waals surface area (Å²) in [5.74, 6) is -2.72. The molecule has 3 heterocycles. The van der Waals surface area contributed by atoms with Crippen LogP contribution in [0.4, 0.5) is 0 Å². The minimum atomic E-state index is -1.81. The Morgan fingerprint density at radius 3 is 2.06 bits per heavy atom. The fraction of sp³-hybridized carbons (Fsp3) is 0.973. The lowest BCUT2D eigenvalue weighted by Crippen LogP contribution is -2.60. The van der Waals surface area contributed by atoms with Crippen LogP contribution in [0.15, 0.2) is 0 Å². The molecular weight excluding hydrogens is 664 g/mol. The Hall–Kier alpha value is -1.01. The van der Waals surface area contributed by atoms with Gasteiger partial charge in [-0.05, 0) is 94.8 Å². The summed E-state index contributed by atoms with van der Waals surface area (Å²) in [6.07, 6.45) is -9.15. The van der Waals surface area contributed by atoms with Gasteiger partial charge in [0.15, 0.2) is 12.6 Å². The molecule has 1 unspecified atom stereocenters. The van der Waals surface area contributed by atoms with Gasteiger partial charge in [0, 0.05) is 31.0 Å². The van der Waals surface area contributed by atoms with Crippen LogP contribution in [0, 0.1) is 17.8 Å². The number of esters is 1. The zero-order chi connectivity index (χ0) is 39.0. The lowest BCUT2D eigenvalue weighted by atomic mass is 9.77. The monoisotopic (exact) mass is 734 g/mol. The summed E-state index contributed by atoms with van der Waals surface area (Å²) in [6, 6.07) is -0.833. The molecule has 0 spiro atoms. The molecule has 0 radical (unpaired) electrons. The molecule has 0 aromatic rings.